The highest BCUT2D eigenvalue weighted by Gasteiger charge is 2.23. The molecular formula is C23H33F2N5O2. The van der Waals surface area contributed by atoms with E-state index in [2.05, 4.69) is 20.8 Å². The number of methoxy groups -OCH3 is 1. The normalized spacial score (nSPS) is 19.6. The van der Waals surface area contributed by atoms with Gasteiger partial charge in [0.25, 0.3) is 6.43 Å². The average Bonchev–Trinajstić information content (AvgIpc) is 3.29. The second-order valence-electron chi connectivity index (χ2n) is 8.39. The summed E-state index contributed by atoms with van der Waals surface area (Å²) in [5.41, 5.74) is 1.67. The van der Waals surface area contributed by atoms with Gasteiger partial charge in [0.05, 0.1) is 30.7 Å². The predicted molar refractivity (Wildman–Crippen MR) is 120 cm³/mol. The molecule has 1 aromatic heterocycles. The van der Waals surface area contributed by atoms with Crippen molar-refractivity contribution in [2.24, 2.45) is 0 Å². The lowest BCUT2D eigenvalue weighted by atomic mass is 10.2. The van der Waals surface area contributed by atoms with E-state index in [9.17, 15) is 8.78 Å². The van der Waals surface area contributed by atoms with E-state index in [-0.39, 0.29) is 11.7 Å². The minimum atomic E-state index is -2.48. The van der Waals surface area contributed by atoms with Crippen molar-refractivity contribution in [1.82, 2.24) is 19.6 Å². The van der Waals surface area contributed by atoms with Crippen molar-refractivity contribution in [3.8, 4) is 5.69 Å². The predicted octanol–water partition coefficient (Wildman–Crippen LogP) is 2.97. The number of nitrogens with zero attached hydrogens (tertiary/aromatic N) is 5. The zero-order chi connectivity index (χ0) is 22.5. The van der Waals surface area contributed by atoms with E-state index >= 15 is 0 Å². The van der Waals surface area contributed by atoms with Gasteiger partial charge in [-0.2, -0.15) is 0 Å². The number of benzene rings is 1. The topological polar surface area (TPSA) is 46.0 Å². The third-order valence-electron chi connectivity index (χ3n) is 6.42. The Bertz CT molecular complexity index is 847. The first-order valence-corrected chi connectivity index (χ1v) is 11.3. The molecule has 7 nitrogen and oxygen atoms in total. The molecular weight excluding hydrogens is 416 g/mol. The molecule has 0 saturated carbocycles. The number of alkyl halides is 2. The smallest absolute Gasteiger partial charge is 0.263 e. The van der Waals surface area contributed by atoms with Gasteiger partial charge in [-0.3, -0.25) is 9.80 Å². The maximum atomic E-state index is 12.9. The van der Waals surface area contributed by atoms with Crippen molar-refractivity contribution in [1.29, 1.82) is 0 Å². The number of ether oxygens (including phenoxy) is 2. The lowest BCUT2D eigenvalue weighted by Gasteiger charge is -2.36. The fourth-order valence-electron chi connectivity index (χ4n) is 4.22. The van der Waals surface area contributed by atoms with Crippen molar-refractivity contribution in [3.63, 3.8) is 0 Å². The summed E-state index contributed by atoms with van der Waals surface area (Å²) in [5, 5.41) is 4.83. The number of anilines is 1. The Hall–Kier alpha value is -2.07. The molecule has 0 radical (unpaired) electrons. The summed E-state index contributed by atoms with van der Waals surface area (Å²) < 4.78 is 38.7. The molecule has 1 atom stereocenters. The van der Waals surface area contributed by atoms with E-state index in [4.69, 9.17) is 14.6 Å². The summed E-state index contributed by atoms with van der Waals surface area (Å²) in [4.78, 5) is 7.27. The fourth-order valence-corrected chi connectivity index (χ4v) is 4.22. The summed E-state index contributed by atoms with van der Waals surface area (Å²) in [5.74, 6) is 0.898. The van der Waals surface area contributed by atoms with Crippen molar-refractivity contribution in [2.45, 2.75) is 19.5 Å². The molecule has 1 aromatic carbocycles. The van der Waals surface area contributed by atoms with Crippen molar-refractivity contribution in [3.05, 3.63) is 41.6 Å². The van der Waals surface area contributed by atoms with Crippen LogP contribution in [0.5, 0.6) is 0 Å². The molecule has 2 aromatic rings. The van der Waals surface area contributed by atoms with Gasteiger partial charge < -0.3 is 14.4 Å². The molecule has 32 heavy (non-hydrogen) atoms. The molecule has 3 heterocycles. The van der Waals surface area contributed by atoms with Crippen LogP contribution >= 0.6 is 0 Å². The average molecular weight is 450 g/mol. The molecule has 0 amide bonds. The molecule has 1 unspecified atom stereocenters. The Balaban J connectivity index is 1.41. The Morgan fingerprint density at radius 2 is 1.59 bits per heavy atom. The minimum absolute atomic E-state index is 0.00988. The van der Waals surface area contributed by atoms with Crippen LogP contribution in [0.2, 0.25) is 0 Å². The standard InChI is InChI=1S/C23H33F2N5O2/c1-18(31-2)21-17-22(26-30(21)20-5-3-19(4-6-20)23(24)25)29-11-9-27(10-12-29)7-8-28-13-15-32-16-14-28/h3-6,17-18,23H,7-16H2,1-2H3. The monoisotopic (exact) mass is 449 g/mol. The largest absolute Gasteiger partial charge is 0.379 e. The summed E-state index contributed by atoms with van der Waals surface area (Å²) >= 11 is 0. The zero-order valence-electron chi connectivity index (χ0n) is 18.9. The highest BCUT2D eigenvalue weighted by molar-refractivity contribution is 5.46. The molecule has 176 valence electrons. The lowest BCUT2D eigenvalue weighted by molar-refractivity contribution is 0.0331. The zero-order valence-corrected chi connectivity index (χ0v) is 18.9. The first-order valence-electron chi connectivity index (χ1n) is 11.3. The Morgan fingerprint density at radius 1 is 0.969 bits per heavy atom. The molecule has 0 bridgehead atoms. The molecule has 0 N–H and O–H groups in total. The number of hydrogen-bond acceptors (Lipinski definition) is 6. The van der Waals surface area contributed by atoms with Gasteiger partial charge in [0, 0.05) is 71.1 Å². The van der Waals surface area contributed by atoms with Crippen LogP contribution in [0.3, 0.4) is 0 Å². The summed E-state index contributed by atoms with van der Waals surface area (Å²) in [7, 11) is 1.66. The van der Waals surface area contributed by atoms with Crippen molar-refractivity contribution >= 4 is 5.82 Å². The maximum Gasteiger partial charge on any atom is 0.263 e. The second kappa shape index (κ2) is 10.7. The van der Waals surface area contributed by atoms with Crippen molar-refractivity contribution < 1.29 is 18.3 Å². The summed E-state index contributed by atoms with van der Waals surface area (Å²) in [6, 6.07) is 8.34. The van der Waals surface area contributed by atoms with E-state index < -0.39 is 6.43 Å². The lowest BCUT2D eigenvalue weighted by Crippen LogP contribution is -2.49. The fraction of sp³-hybridized carbons (Fsp3) is 0.609. The van der Waals surface area contributed by atoms with Crippen LogP contribution in [0.25, 0.3) is 5.69 Å². The Kier molecular flexibility index (Phi) is 7.72. The van der Waals surface area contributed by atoms with Crippen LogP contribution in [0.15, 0.2) is 30.3 Å². The van der Waals surface area contributed by atoms with E-state index in [0.29, 0.717) is 0 Å². The number of hydrogen-bond donors (Lipinski definition) is 0. The number of piperazine rings is 1. The Labute approximate surface area is 188 Å². The van der Waals surface area contributed by atoms with Crippen LogP contribution < -0.4 is 4.90 Å². The summed E-state index contributed by atoms with van der Waals surface area (Å²) in [6.07, 6.45) is -2.64. The first-order chi connectivity index (χ1) is 15.5. The molecule has 0 aliphatic carbocycles. The quantitative estimate of drug-likeness (QED) is 0.618. The number of morpholine rings is 1. The van der Waals surface area contributed by atoms with Gasteiger partial charge in [-0.1, -0.05) is 12.1 Å². The number of halogens is 2. The van der Waals surface area contributed by atoms with Gasteiger partial charge in [0.2, 0.25) is 0 Å². The number of rotatable bonds is 8. The minimum Gasteiger partial charge on any atom is -0.379 e. The molecule has 4 rings (SSSR count). The molecule has 2 fully saturated rings. The molecule has 9 heteroatoms. The van der Waals surface area contributed by atoms with E-state index in [0.717, 1.165) is 82.8 Å². The van der Waals surface area contributed by atoms with Crippen molar-refractivity contribution in [2.75, 3.05) is 77.6 Å². The Morgan fingerprint density at radius 3 is 2.19 bits per heavy atom. The second-order valence-corrected chi connectivity index (χ2v) is 8.39. The van der Waals surface area contributed by atoms with Crippen LogP contribution in [0.4, 0.5) is 14.6 Å². The van der Waals surface area contributed by atoms with E-state index in [1.54, 1.807) is 19.2 Å². The van der Waals surface area contributed by atoms with Crippen LogP contribution in [-0.4, -0.2) is 92.3 Å². The van der Waals surface area contributed by atoms with Crippen LogP contribution in [0, 0.1) is 0 Å². The molecule has 0 spiro atoms. The molecule has 2 aliphatic rings. The van der Waals surface area contributed by atoms with Crippen LogP contribution in [-0.2, 0) is 9.47 Å². The highest BCUT2D eigenvalue weighted by atomic mass is 19.3. The van der Waals surface area contributed by atoms with Gasteiger partial charge in [0.15, 0.2) is 5.82 Å². The van der Waals surface area contributed by atoms with E-state index in [1.807, 2.05) is 11.6 Å². The van der Waals surface area contributed by atoms with E-state index in [1.165, 1.54) is 12.1 Å². The van der Waals surface area contributed by atoms with Gasteiger partial charge in [0.1, 0.15) is 0 Å². The van der Waals surface area contributed by atoms with Gasteiger partial charge >= 0.3 is 0 Å². The maximum absolute atomic E-state index is 12.9. The molecule has 2 aliphatic heterocycles. The summed E-state index contributed by atoms with van der Waals surface area (Å²) in [6.45, 7) is 11.7. The third kappa shape index (κ3) is 5.46. The van der Waals surface area contributed by atoms with Gasteiger partial charge in [-0.15, -0.1) is 5.10 Å². The van der Waals surface area contributed by atoms with Crippen LogP contribution in [0.1, 0.15) is 30.7 Å². The molecule has 2 saturated heterocycles. The number of aromatic nitrogens is 2. The van der Waals surface area contributed by atoms with Gasteiger partial charge in [-0.25, -0.2) is 13.5 Å². The van der Waals surface area contributed by atoms with Gasteiger partial charge in [-0.05, 0) is 19.1 Å². The highest BCUT2D eigenvalue weighted by Crippen LogP contribution is 2.27. The SMILES string of the molecule is COC(C)c1cc(N2CCN(CCN3CCOCC3)CC2)nn1-c1ccc(C(F)F)cc1. The first kappa shape index (κ1) is 23.1. The third-order valence-corrected chi connectivity index (χ3v) is 6.42.